The molecule has 1 N–H and O–H groups in total. The third-order valence-corrected chi connectivity index (χ3v) is 6.77. The van der Waals surface area contributed by atoms with Crippen molar-refractivity contribution in [3.8, 4) is 5.75 Å². The van der Waals surface area contributed by atoms with Crippen LogP contribution in [0.4, 0.5) is 18.9 Å². The number of amides is 1. The van der Waals surface area contributed by atoms with E-state index in [1.165, 1.54) is 22.5 Å². The highest BCUT2D eigenvalue weighted by Crippen LogP contribution is 2.30. The maximum absolute atomic E-state index is 12.7. The number of rotatable bonds is 7. The van der Waals surface area contributed by atoms with Crippen molar-refractivity contribution in [2.24, 2.45) is 5.92 Å². The molecule has 0 atom stereocenters. The minimum Gasteiger partial charge on any atom is -0.482 e. The molecule has 0 bridgehead atoms. The molecule has 0 radical (unpaired) electrons. The van der Waals surface area contributed by atoms with Gasteiger partial charge in [-0.05, 0) is 49.1 Å². The molecular formula is C23H25F3N2O4S. The zero-order valence-electron chi connectivity index (χ0n) is 18.0. The molecular weight excluding hydrogens is 457 g/mol. The van der Waals surface area contributed by atoms with Gasteiger partial charge in [0.2, 0.25) is 15.9 Å². The molecule has 1 aliphatic heterocycles. The van der Waals surface area contributed by atoms with Crippen LogP contribution in [-0.4, -0.2) is 44.5 Å². The predicted octanol–water partition coefficient (Wildman–Crippen LogP) is 4.59. The van der Waals surface area contributed by atoms with Crippen LogP contribution >= 0.6 is 0 Å². The van der Waals surface area contributed by atoms with Crippen molar-refractivity contribution in [1.82, 2.24) is 4.31 Å². The lowest BCUT2D eigenvalue weighted by Crippen LogP contribution is -2.40. The summed E-state index contributed by atoms with van der Waals surface area (Å²) in [5.41, 5.74) is 1.60. The summed E-state index contributed by atoms with van der Waals surface area (Å²) in [4.78, 5) is 12.7. The Morgan fingerprint density at radius 2 is 1.82 bits per heavy atom. The van der Waals surface area contributed by atoms with Crippen LogP contribution in [0, 0.1) is 12.8 Å². The number of ether oxygens (including phenoxy) is 1. The van der Waals surface area contributed by atoms with Gasteiger partial charge < -0.3 is 10.1 Å². The van der Waals surface area contributed by atoms with Gasteiger partial charge in [0, 0.05) is 24.4 Å². The maximum atomic E-state index is 12.7. The van der Waals surface area contributed by atoms with Gasteiger partial charge in [-0.1, -0.05) is 36.4 Å². The number of alkyl halides is 3. The number of piperidine rings is 1. The van der Waals surface area contributed by atoms with Gasteiger partial charge in [0.25, 0.3) is 0 Å². The van der Waals surface area contributed by atoms with Gasteiger partial charge in [-0.2, -0.15) is 17.5 Å². The van der Waals surface area contributed by atoms with Gasteiger partial charge >= 0.3 is 6.18 Å². The minimum absolute atomic E-state index is 0.0632. The van der Waals surface area contributed by atoms with E-state index in [-0.39, 0.29) is 30.4 Å². The van der Waals surface area contributed by atoms with Crippen LogP contribution in [0.1, 0.15) is 24.0 Å². The average molecular weight is 483 g/mol. The fourth-order valence-corrected chi connectivity index (χ4v) is 4.65. The largest absolute Gasteiger partial charge is 0.482 e. The number of nitrogens with one attached hydrogen (secondary N) is 1. The molecule has 2 aromatic carbocycles. The monoisotopic (exact) mass is 482 g/mol. The smallest absolute Gasteiger partial charge is 0.422 e. The summed E-state index contributed by atoms with van der Waals surface area (Å²) in [6.07, 6.45) is -2.38. The third-order valence-electron chi connectivity index (χ3n) is 5.20. The first kappa shape index (κ1) is 24.8. The van der Waals surface area contributed by atoms with Crippen LogP contribution in [0.2, 0.25) is 0 Å². The lowest BCUT2D eigenvalue weighted by molar-refractivity contribution is -0.153. The van der Waals surface area contributed by atoms with E-state index in [1.807, 2.05) is 18.2 Å². The molecule has 1 heterocycles. The lowest BCUT2D eigenvalue weighted by Gasteiger charge is -2.29. The Kier molecular flexibility index (Phi) is 7.80. The molecule has 0 saturated carbocycles. The van der Waals surface area contributed by atoms with Crippen molar-refractivity contribution < 1.29 is 31.1 Å². The van der Waals surface area contributed by atoms with Gasteiger partial charge in [-0.15, -0.1) is 0 Å². The minimum atomic E-state index is -4.50. The number of carbonyl (C=O) groups excluding carboxylic acids is 1. The standard InChI is InChI=1S/C23H25F3N2O4S/c1-17-7-8-20(21(15-17)32-16-23(24,25)26)27-22(29)19-9-12-28(13-10-19)33(30,31)14-11-18-5-3-2-4-6-18/h2-8,11,14-15,19H,9-10,12-13,16H2,1H3,(H,27,29)/b14-11+. The van der Waals surface area contributed by atoms with Crippen LogP contribution < -0.4 is 10.1 Å². The van der Waals surface area contributed by atoms with Gasteiger partial charge in [0.1, 0.15) is 5.75 Å². The molecule has 1 amide bonds. The van der Waals surface area contributed by atoms with Crippen molar-refractivity contribution in [3.05, 3.63) is 65.1 Å². The zero-order chi connectivity index (χ0) is 24.1. The fraction of sp³-hybridized carbons (Fsp3) is 0.348. The summed E-state index contributed by atoms with van der Waals surface area (Å²) in [6.45, 7) is 0.580. The van der Waals surface area contributed by atoms with E-state index < -0.39 is 28.7 Å². The van der Waals surface area contributed by atoms with Crippen molar-refractivity contribution in [2.75, 3.05) is 25.0 Å². The van der Waals surface area contributed by atoms with E-state index in [9.17, 15) is 26.4 Å². The Bertz CT molecular complexity index is 1090. The molecule has 10 heteroatoms. The number of benzene rings is 2. The first-order chi connectivity index (χ1) is 15.5. The molecule has 2 aromatic rings. The number of hydrogen-bond donors (Lipinski definition) is 1. The number of hydrogen-bond acceptors (Lipinski definition) is 4. The second-order valence-electron chi connectivity index (χ2n) is 7.82. The molecule has 6 nitrogen and oxygen atoms in total. The number of anilines is 1. The Labute approximate surface area is 191 Å². The van der Waals surface area contributed by atoms with Crippen LogP contribution in [0.25, 0.3) is 6.08 Å². The summed E-state index contributed by atoms with van der Waals surface area (Å²) in [5.74, 6) is -0.911. The second kappa shape index (κ2) is 10.4. The Morgan fingerprint density at radius 3 is 2.45 bits per heavy atom. The van der Waals surface area contributed by atoms with Gasteiger partial charge in [-0.3, -0.25) is 4.79 Å². The van der Waals surface area contributed by atoms with Crippen molar-refractivity contribution in [3.63, 3.8) is 0 Å². The highest BCUT2D eigenvalue weighted by molar-refractivity contribution is 7.92. The molecule has 0 aromatic heterocycles. The molecule has 0 spiro atoms. The SMILES string of the molecule is Cc1ccc(NC(=O)C2CCN(S(=O)(=O)/C=C/c3ccccc3)CC2)c(OCC(F)(F)F)c1. The van der Waals surface area contributed by atoms with Crippen LogP contribution in [-0.2, 0) is 14.8 Å². The Balaban J connectivity index is 1.59. The molecule has 0 aliphatic carbocycles. The Hall–Kier alpha value is -2.85. The molecule has 1 saturated heterocycles. The zero-order valence-corrected chi connectivity index (χ0v) is 18.8. The normalized spacial score (nSPS) is 16.1. The first-order valence-corrected chi connectivity index (χ1v) is 11.9. The summed E-state index contributed by atoms with van der Waals surface area (Å²) < 4.78 is 69.0. The van der Waals surface area contributed by atoms with Gasteiger partial charge in [0.15, 0.2) is 6.61 Å². The molecule has 1 aliphatic rings. The van der Waals surface area contributed by atoms with Crippen LogP contribution in [0.15, 0.2) is 53.9 Å². The van der Waals surface area contributed by atoms with Gasteiger partial charge in [0.05, 0.1) is 5.69 Å². The van der Waals surface area contributed by atoms with E-state index in [1.54, 1.807) is 25.1 Å². The third kappa shape index (κ3) is 7.33. The van der Waals surface area contributed by atoms with Gasteiger partial charge in [-0.25, -0.2) is 8.42 Å². The van der Waals surface area contributed by atoms with E-state index in [0.717, 1.165) is 11.0 Å². The van der Waals surface area contributed by atoms with Crippen molar-refractivity contribution >= 4 is 27.7 Å². The number of sulfonamides is 1. The van der Waals surface area contributed by atoms with E-state index in [2.05, 4.69) is 5.32 Å². The summed E-state index contributed by atoms with van der Waals surface area (Å²) in [6, 6.07) is 13.6. The second-order valence-corrected chi connectivity index (χ2v) is 9.64. The summed E-state index contributed by atoms with van der Waals surface area (Å²) >= 11 is 0. The quantitative estimate of drug-likeness (QED) is 0.627. The number of aryl methyl sites for hydroxylation is 1. The van der Waals surface area contributed by atoms with Crippen LogP contribution in [0.5, 0.6) is 5.75 Å². The first-order valence-electron chi connectivity index (χ1n) is 10.4. The lowest BCUT2D eigenvalue weighted by atomic mass is 9.97. The van der Waals surface area contributed by atoms with E-state index >= 15 is 0 Å². The molecule has 0 unspecified atom stereocenters. The Morgan fingerprint density at radius 1 is 1.15 bits per heavy atom. The highest BCUT2D eigenvalue weighted by atomic mass is 32.2. The molecule has 3 rings (SSSR count). The topological polar surface area (TPSA) is 75.7 Å². The summed E-state index contributed by atoms with van der Waals surface area (Å²) in [7, 11) is -3.63. The van der Waals surface area contributed by atoms with E-state index in [0.29, 0.717) is 18.4 Å². The highest BCUT2D eigenvalue weighted by Gasteiger charge is 2.31. The fourth-order valence-electron chi connectivity index (χ4n) is 3.43. The van der Waals surface area contributed by atoms with Crippen molar-refractivity contribution in [2.45, 2.75) is 25.9 Å². The summed E-state index contributed by atoms with van der Waals surface area (Å²) in [5, 5.41) is 3.78. The number of halogens is 3. The van der Waals surface area contributed by atoms with Crippen molar-refractivity contribution in [1.29, 1.82) is 0 Å². The average Bonchev–Trinajstić information content (AvgIpc) is 2.78. The maximum Gasteiger partial charge on any atom is 0.422 e. The number of nitrogens with zero attached hydrogens (tertiary/aromatic N) is 1. The number of carbonyl (C=O) groups is 1. The predicted molar refractivity (Wildman–Crippen MR) is 120 cm³/mol. The molecule has 1 fully saturated rings. The van der Waals surface area contributed by atoms with E-state index in [4.69, 9.17) is 4.74 Å². The van der Waals surface area contributed by atoms with Crippen LogP contribution in [0.3, 0.4) is 0 Å². The molecule has 178 valence electrons. The molecule has 33 heavy (non-hydrogen) atoms.